The number of rotatable bonds is 5. The van der Waals surface area contributed by atoms with E-state index in [1.165, 1.54) is 10.4 Å². The molecule has 7 heteroatoms. The molecule has 1 aromatic heterocycles. The molecule has 2 aromatic carbocycles. The van der Waals surface area contributed by atoms with E-state index in [9.17, 15) is 13.2 Å². The molecule has 0 radical (unpaired) electrons. The second-order valence-corrected chi connectivity index (χ2v) is 8.67. The zero-order valence-electron chi connectivity index (χ0n) is 15.3. The van der Waals surface area contributed by atoms with E-state index < -0.39 is 10.0 Å². The minimum Gasteiger partial charge on any atom is -0.324 e. The number of hydrogen-bond donors (Lipinski definition) is 1. The number of benzene rings is 2. The summed E-state index contributed by atoms with van der Waals surface area (Å²) < 4.78 is 28.9. The fourth-order valence-electron chi connectivity index (χ4n) is 3.31. The van der Waals surface area contributed by atoms with Crippen LogP contribution in [0.4, 0.5) is 5.69 Å². The third-order valence-electron chi connectivity index (χ3n) is 4.83. The number of amides is 1. The zero-order valence-corrected chi connectivity index (χ0v) is 16.1. The Labute approximate surface area is 164 Å². The van der Waals surface area contributed by atoms with Crippen LogP contribution in [0.5, 0.6) is 0 Å². The summed E-state index contributed by atoms with van der Waals surface area (Å²) in [5.74, 6) is -0.283. The summed E-state index contributed by atoms with van der Waals surface area (Å²) in [5, 5.41) is 2.79. The Kier molecular flexibility index (Phi) is 5.02. The predicted molar refractivity (Wildman–Crippen MR) is 108 cm³/mol. The third kappa shape index (κ3) is 3.72. The Morgan fingerprint density at radius 1 is 0.893 bits per heavy atom. The van der Waals surface area contributed by atoms with Gasteiger partial charge in [0, 0.05) is 42.4 Å². The standard InChI is InChI=1S/C21H21N3O3S/c25-21(17-8-10-19(11-9-17)23-12-1-2-13-23)22-18-6-5-7-20(16-18)28(26,27)24-14-3-4-15-24/h1-2,5-13,16H,3-4,14-15H2,(H,22,25). The molecule has 144 valence electrons. The van der Waals surface area contributed by atoms with E-state index in [-0.39, 0.29) is 10.8 Å². The molecule has 0 aliphatic carbocycles. The molecule has 2 heterocycles. The average Bonchev–Trinajstić information content (AvgIpc) is 3.42. The molecule has 28 heavy (non-hydrogen) atoms. The highest BCUT2D eigenvalue weighted by Gasteiger charge is 2.27. The molecule has 1 aliphatic rings. The minimum atomic E-state index is -3.51. The lowest BCUT2D eigenvalue weighted by Crippen LogP contribution is -2.27. The first kappa shape index (κ1) is 18.5. The van der Waals surface area contributed by atoms with Crippen LogP contribution < -0.4 is 5.32 Å². The minimum absolute atomic E-state index is 0.204. The van der Waals surface area contributed by atoms with Crippen LogP contribution in [0, 0.1) is 0 Å². The smallest absolute Gasteiger partial charge is 0.255 e. The van der Waals surface area contributed by atoms with Crippen molar-refractivity contribution in [3.8, 4) is 5.69 Å². The normalized spacial score (nSPS) is 14.9. The molecular weight excluding hydrogens is 374 g/mol. The summed E-state index contributed by atoms with van der Waals surface area (Å²) in [4.78, 5) is 12.8. The van der Waals surface area contributed by atoms with Crippen molar-refractivity contribution in [2.75, 3.05) is 18.4 Å². The number of nitrogens with zero attached hydrogens (tertiary/aromatic N) is 2. The van der Waals surface area contributed by atoms with Gasteiger partial charge >= 0.3 is 0 Å². The van der Waals surface area contributed by atoms with E-state index in [1.807, 2.05) is 41.2 Å². The van der Waals surface area contributed by atoms with E-state index in [0.717, 1.165) is 18.5 Å². The highest BCUT2D eigenvalue weighted by molar-refractivity contribution is 7.89. The predicted octanol–water partition coefficient (Wildman–Crippen LogP) is 3.51. The van der Waals surface area contributed by atoms with Gasteiger partial charge in [-0.25, -0.2) is 8.42 Å². The van der Waals surface area contributed by atoms with Gasteiger partial charge in [0.05, 0.1) is 4.90 Å². The molecule has 3 aromatic rings. The molecule has 4 rings (SSSR count). The molecule has 1 aliphatic heterocycles. The molecule has 1 fully saturated rings. The van der Waals surface area contributed by atoms with Gasteiger partial charge in [0.15, 0.2) is 0 Å². The summed E-state index contributed by atoms with van der Waals surface area (Å²) in [6.45, 7) is 1.10. The van der Waals surface area contributed by atoms with Gasteiger partial charge in [0.2, 0.25) is 10.0 Å². The van der Waals surface area contributed by atoms with E-state index in [0.29, 0.717) is 24.3 Å². The summed E-state index contributed by atoms with van der Waals surface area (Å²) in [5.41, 5.74) is 1.92. The van der Waals surface area contributed by atoms with Crippen molar-refractivity contribution in [2.24, 2.45) is 0 Å². The monoisotopic (exact) mass is 395 g/mol. The van der Waals surface area contributed by atoms with Crippen LogP contribution in [-0.4, -0.2) is 36.3 Å². The Morgan fingerprint density at radius 2 is 1.57 bits per heavy atom. The molecule has 0 saturated carbocycles. The first-order valence-corrected chi connectivity index (χ1v) is 10.6. The van der Waals surface area contributed by atoms with Crippen LogP contribution >= 0.6 is 0 Å². The Bertz CT molecular complexity index is 1070. The second kappa shape index (κ2) is 7.61. The second-order valence-electron chi connectivity index (χ2n) is 6.73. The van der Waals surface area contributed by atoms with Crippen molar-refractivity contribution in [1.82, 2.24) is 8.87 Å². The van der Waals surface area contributed by atoms with Gasteiger partial charge in [-0.2, -0.15) is 4.31 Å². The van der Waals surface area contributed by atoms with Gasteiger partial charge in [0.25, 0.3) is 5.91 Å². The maximum Gasteiger partial charge on any atom is 0.255 e. The van der Waals surface area contributed by atoms with Gasteiger partial charge in [-0.1, -0.05) is 6.07 Å². The lowest BCUT2D eigenvalue weighted by Gasteiger charge is -2.16. The third-order valence-corrected chi connectivity index (χ3v) is 6.72. The number of carbonyl (C=O) groups is 1. The van der Waals surface area contributed by atoms with Crippen LogP contribution in [0.1, 0.15) is 23.2 Å². The van der Waals surface area contributed by atoms with Crippen molar-refractivity contribution in [3.05, 3.63) is 78.6 Å². The fourth-order valence-corrected chi connectivity index (χ4v) is 4.87. The number of carbonyl (C=O) groups excluding carboxylic acids is 1. The highest BCUT2D eigenvalue weighted by atomic mass is 32.2. The lowest BCUT2D eigenvalue weighted by atomic mass is 10.2. The summed E-state index contributed by atoms with van der Waals surface area (Å²) in [6, 6.07) is 17.5. The van der Waals surface area contributed by atoms with Gasteiger partial charge in [-0.05, 0) is 67.4 Å². The summed E-state index contributed by atoms with van der Waals surface area (Å²) in [7, 11) is -3.51. The van der Waals surface area contributed by atoms with Crippen molar-refractivity contribution in [1.29, 1.82) is 0 Å². The van der Waals surface area contributed by atoms with Crippen LogP contribution in [0.3, 0.4) is 0 Å². The average molecular weight is 395 g/mol. The Morgan fingerprint density at radius 3 is 2.25 bits per heavy atom. The Balaban J connectivity index is 1.50. The van der Waals surface area contributed by atoms with E-state index >= 15 is 0 Å². The molecule has 0 atom stereocenters. The van der Waals surface area contributed by atoms with Gasteiger partial charge in [0.1, 0.15) is 0 Å². The molecule has 1 saturated heterocycles. The maximum absolute atomic E-state index is 12.7. The lowest BCUT2D eigenvalue weighted by molar-refractivity contribution is 0.102. The van der Waals surface area contributed by atoms with E-state index in [1.54, 1.807) is 30.3 Å². The van der Waals surface area contributed by atoms with E-state index in [2.05, 4.69) is 5.32 Å². The SMILES string of the molecule is O=C(Nc1cccc(S(=O)(=O)N2CCCC2)c1)c1ccc(-n2cccc2)cc1. The van der Waals surface area contributed by atoms with Crippen LogP contribution in [0.25, 0.3) is 5.69 Å². The number of hydrogen-bond acceptors (Lipinski definition) is 3. The van der Waals surface area contributed by atoms with Gasteiger partial charge in [-0.15, -0.1) is 0 Å². The van der Waals surface area contributed by atoms with Gasteiger partial charge in [-0.3, -0.25) is 4.79 Å². The molecule has 0 spiro atoms. The topological polar surface area (TPSA) is 71.4 Å². The first-order chi connectivity index (χ1) is 13.5. The molecule has 0 bridgehead atoms. The number of aromatic nitrogens is 1. The molecule has 1 amide bonds. The van der Waals surface area contributed by atoms with Crippen molar-refractivity contribution in [3.63, 3.8) is 0 Å². The maximum atomic E-state index is 12.7. The quantitative estimate of drug-likeness (QED) is 0.719. The number of nitrogens with one attached hydrogen (secondary N) is 1. The first-order valence-electron chi connectivity index (χ1n) is 9.19. The van der Waals surface area contributed by atoms with E-state index in [4.69, 9.17) is 0 Å². The van der Waals surface area contributed by atoms with Crippen molar-refractivity contribution >= 4 is 21.6 Å². The highest BCUT2D eigenvalue weighted by Crippen LogP contribution is 2.23. The van der Waals surface area contributed by atoms with Crippen LogP contribution in [-0.2, 0) is 10.0 Å². The molecule has 1 N–H and O–H groups in total. The number of anilines is 1. The zero-order chi connectivity index (χ0) is 19.6. The van der Waals surface area contributed by atoms with Crippen molar-refractivity contribution < 1.29 is 13.2 Å². The van der Waals surface area contributed by atoms with Crippen LogP contribution in [0.15, 0.2) is 78.0 Å². The Hall–Kier alpha value is -2.90. The largest absolute Gasteiger partial charge is 0.324 e. The summed E-state index contributed by atoms with van der Waals surface area (Å²) in [6.07, 6.45) is 5.63. The summed E-state index contributed by atoms with van der Waals surface area (Å²) >= 11 is 0. The number of sulfonamides is 1. The van der Waals surface area contributed by atoms with Crippen LogP contribution in [0.2, 0.25) is 0 Å². The van der Waals surface area contributed by atoms with Crippen molar-refractivity contribution in [2.45, 2.75) is 17.7 Å². The van der Waals surface area contributed by atoms with Gasteiger partial charge < -0.3 is 9.88 Å². The fraction of sp³-hybridized carbons (Fsp3) is 0.190. The molecular formula is C21H21N3O3S. The molecule has 0 unspecified atom stereocenters. The molecule has 6 nitrogen and oxygen atoms in total.